The second-order valence-corrected chi connectivity index (χ2v) is 15.6. The Balaban J connectivity index is 0.915. The van der Waals surface area contributed by atoms with Gasteiger partial charge in [-0.15, -0.1) is 0 Å². The van der Waals surface area contributed by atoms with Crippen LogP contribution in [0.2, 0.25) is 0 Å². The Morgan fingerprint density at radius 2 is 0.833 bits per heavy atom. The van der Waals surface area contributed by atoms with Gasteiger partial charge in [0.25, 0.3) is 0 Å². The van der Waals surface area contributed by atoms with E-state index >= 15 is 0 Å². The highest BCUT2D eigenvalue weighted by atomic mass is 15.1. The van der Waals surface area contributed by atoms with Crippen LogP contribution in [0.3, 0.4) is 0 Å². The maximum absolute atomic E-state index is 2.45. The zero-order chi connectivity index (χ0) is 39.8. The number of nitrogens with zero attached hydrogens (tertiary/aromatic N) is 2. The Hall–Kier alpha value is -7.68. The molecular formula is C58H42N2. The molecule has 0 aliphatic heterocycles. The third kappa shape index (κ3) is 6.40. The van der Waals surface area contributed by atoms with Gasteiger partial charge in [0.05, 0.1) is 11.0 Å². The van der Waals surface area contributed by atoms with E-state index in [-0.39, 0.29) is 0 Å². The van der Waals surface area contributed by atoms with Crippen molar-refractivity contribution in [3.8, 4) is 50.2 Å². The van der Waals surface area contributed by atoms with Crippen LogP contribution < -0.4 is 4.90 Å². The molecule has 0 N–H and O–H groups in total. The molecule has 0 unspecified atom stereocenters. The summed E-state index contributed by atoms with van der Waals surface area (Å²) in [5.41, 5.74) is 16.8. The van der Waals surface area contributed by atoms with Crippen LogP contribution in [0, 0.1) is 0 Å². The van der Waals surface area contributed by atoms with E-state index in [2.05, 4.69) is 240 Å². The van der Waals surface area contributed by atoms with Gasteiger partial charge in [0.15, 0.2) is 0 Å². The Bertz CT molecular complexity index is 3190. The molecule has 60 heavy (non-hydrogen) atoms. The summed E-state index contributed by atoms with van der Waals surface area (Å²) in [5.74, 6) is 0. The Labute approximate surface area is 351 Å². The van der Waals surface area contributed by atoms with Crippen molar-refractivity contribution in [1.82, 2.24) is 4.57 Å². The van der Waals surface area contributed by atoms with Crippen molar-refractivity contribution >= 4 is 44.0 Å². The van der Waals surface area contributed by atoms with Crippen LogP contribution in [-0.2, 0) is 0 Å². The van der Waals surface area contributed by atoms with E-state index < -0.39 is 0 Å². The minimum absolute atomic E-state index is 1.04. The number of aromatic nitrogens is 1. The maximum Gasteiger partial charge on any atom is 0.0619 e. The fourth-order valence-corrected chi connectivity index (χ4v) is 9.05. The number of para-hydroxylation sites is 1. The highest BCUT2D eigenvalue weighted by Gasteiger charge is 2.19. The normalized spacial score (nSPS) is 12.6. The van der Waals surface area contributed by atoms with Crippen molar-refractivity contribution in [2.75, 3.05) is 4.90 Å². The molecule has 0 radical (unpaired) electrons. The fourth-order valence-electron chi connectivity index (χ4n) is 9.05. The van der Waals surface area contributed by atoms with Crippen LogP contribution in [0.25, 0.3) is 82.8 Å². The Morgan fingerprint density at radius 1 is 0.367 bits per heavy atom. The lowest BCUT2D eigenvalue weighted by molar-refractivity contribution is 0.997. The van der Waals surface area contributed by atoms with Crippen LogP contribution in [-0.4, -0.2) is 4.57 Å². The quantitative estimate of drug-likeness (QED) is 0.150. The minimum Gasteiger partial charge on any atom is -0.311 e. The smallest absolute Gasteiger partial charge is 0.0619 e. The highest BCUT2D eigenvalue weighted by Crippen LogP contribution is 2.42. The van der Waals surface area contributed by atoms with E-state index in [0.717, 1.165) is 29.9 Å². The summed E-state index contributed by atoms with van der Waals surface area (Å²) in [7, 11) is 0. The fraction of sp³-hybridized carbons (Fsp3) is 0.0345. The van der Waals surface area contributed by atoms with Crippen LogP contribution in [0.5, 0.6) is 0 Å². The van der Waals surface area contributed by atoms with Crippen molar-refractivity contribution in [2.24, 2.45) is 0 Å². The maximum atomic E-state index is 2.45. The van der Waals surface area contributed by atoms with E-state index in [4.69, 9.17) is 0 Å². The lowest BCUT2D eigenvalue weighted by Crippen LogP contribution is -2.16. The Morgan fingerprint density at radius 3 is 1.40 bits per heavy atom. The van der Waals surface area contributed by atoms with Gasteiger partial charge in [-0.1, -0.05) is 176 Å². The molecule has 10 aromatic rings. The molecule has 0 bridgehead atoms. The molecule has 11 rings (SSSR count). The number of fused-ring (bicyclic) bond motifs is 5. The van der Waals surface area contributed by atoms with Gasteiger partial charge in [0, 0.05) is 38.9 Å². The topological polar surface area (TPSA) is 8.17 Å². The number of rotatable bonds is 8. The monoisotopic (exact) mass is 766 g/mol. The van der Waals surface area contributed by atoms with Gasteiger partial charge >= 0.3 is 0 Å². The molecule has 1 aromatic heterocycles. The second-order valence-electron chi connectivity index (χ2n) is 15.6. The lowest BCUT2D eigenvalue weighted by atomic mass is 9.95. The molecule has 0 atom stereocenters. The first-order valence-electron chi connectivity index (χ1n) is 20.9. The largest absolute Gasteiger partial charge is 0.311 e. The summed E-state index contributed by atoms with van der Waals surface area (Å²) in [6.07, 6.45) is 9.00. The summed E-state index contributed by atoms with van der Waals surface area (Å²) in [5, 5.41) is 5.04. The summed E-state index contributed by atoms with van der Waals surface area (Å²) < 4.78 is 2.45. The predicted octanol–water partition coefficient (Wildman–Crippen LogP) is 16.0. The first-order valence-corrected chi connectivity index (χ1v) is 20.9. The number of hydrogen-bond acceptors (Lipinski definition) is 1. The number of allylic oxidation sites excluding steroid dienone is 3. The molecule has 1 heterocycles. The van der Waals surface area contributed by atoms with Gasteiger partial charge in [-0.3, -0.25) is 0 Å². The molecule has 1 aliphatic carbocycles. The molecule has 9 aromatic carbocycles. The Kier molecular flexibility index (Phi) is 9.02. The van der Waals surface area contributed by atoms with E-state index in [1.807, 2.05) is 0 Å². The molecule has 0 saturated carbocycles. The molecule has 2 nitrogen and oxygen atoms in total. The van der Waals surface area contributed by atoms with Crippen molar-refractivity contribution in [3.63, 3.8) is 0 Å². The van der Waals surface area contributed by atoms with Gasteiger partial charge in [-0.2, -0.15) is 0 Å². The first-order chi connectivity index (χ1) is 29.8. The molecule has 0 fully saturated rings. The average molecular weight is 767 g/mol. The van der Waals surface area contributed by atoms with Crippen LogP contribution in [0.15, 0.2) is 236 Å². The first kappa shape index (κ1) is 35.5. The standard InChI is InChI=1S/C58H42N2/c1-4-14-41(15-5-1)42-24-26-43(27-25-42)44-28-34-49(35-29-44)59(48-18-8-3-9-19-48)50-36-30-45(31-37-50)46-32-38-51(39-33-46)60-57-23-13-12-21-53(57)56-40-55(47-16-6-2-7-17-47)52-20-10-11-22-54(52)58(56)60/h1-2,4-8,10-40H,3,9H2. The molecule has 1 aliphatic rings. The second kappa shape index (κ2) is 15.2. The summed E-state index contributed by atoms with van der Waals surface area (Å²) in [6, 6.07) is 77.3. The van der Waals surface area contributed by atoms with Crippen LogP contribution in [0.1, 0.15) is 12.8 Å². The number of anilines is 2. The molecule has 0 spiro atoms. The lowest BCUT2D eigenvalue weighted by Gasteiger charge is -2.28. The third-order valence-electron chi connectivity index (χ3n) is 12.0. The molecular weight excluding hydrogens is 725 g/mol. The van der Waals surface area contributed by atoms with Crippen molar-refractivity contribution in [2.45, 2.75) is 12.8 Å². The van der Waals surface area contributed by atoms with E-state index in [0.29, 0.717) is 0 Å². The number of hydrogen-bond donors (Lipinski definition) is 0. The summed E-state index contributed by atoms with van der Waals surface area (Å²) in [4.78, 5) is 2.38. The summed E-state index contributed by atoms with van der Waals surface area (Å²) in [6.45, 7) is 0. The van der Waals surface area contributed by atoms with Gasteiger partial charge < -0.3 is 9.47 Å². The third-order valence-corrected chi connectivity index (χ3v) is 12.0. The van der Waals surface area contributed by atoms with Gasteiger partial charge in [0.1, 0.15) is 0 Å². The van der Waals surface area contributed by atoms with E-state index in [1.165, 1.54) is 82.8 Å². The van der Waals surface area contributed by atoms with E-state index in [1.54, 1.807) is 0 Å². The van der Waals surface area contributed by atoms with Gasteiger partial charge in [0.2, 0.25) is 0 Å². The zero-order valence-electron chi connectivity index (χ0n) is 33.2. The average Bonchev–Trinajstić information content (AvgIpc) is 3.67. The SMILES string of the molecule is C1=CC(N(c2ccc(-c3ccc(-c4ccccc4)cc3)cc2)c2ccc(-c3ccc(-n4c5ccccc5c5cc(-c6ccccc6)c6ccccc6c54)cc3)cc2)=CCC1. The van der Waals surface area contributed by atoms with Crippen molar-refractivity contribution < 1.29 is 0 Å². The van der Waals surface area contributed by atoms with Crippen molar-refractivity contribution in [1.29, 1.82) is 0 Å². The van der Waals surface area contributed by atoms with E-state index in [9.17, 15) is 0 Å². The van der Waals surface area contributed by atoms with Crippen LogP contribution in [0.4, 0.5) is 11.4 Å². The molecule has 2 heteroatoms. The minimum atomic E-state index is 1.04. The van der Waals surface area contributed by atoms with Crippen LogP contribution >= 0.6 is 0 Å². The molecule has 0 saturated heterocycles. The highest BCUT2D eigenvalue weighted by molar-refractivity contribution is 6.22. The predicted molar refractivity (Wildman–Crippen MR) is 255 cm³/mol. The van der Waals surface area contributed by atoms with Gasteiger partial charge in [-0.05, 0) is 117 Å². The molecule has 0 amide bonds. The number of benzene rings is 9. The van der Waals surface area contributed by atoms with Crippen molar-refractivity contribution in [3.05, 3.63) is 236 Å². The van der Waals surface area contributed by atoms with Gasteiger partial charge in [-0.25, -0.2) is 0 Å². The zero-order valence-corrected chi connectivity index (χ0v) is 33.2. The molecule has 284 valence electrons. The summed E-state index contributed by atoms with van der Waals surface area (Å²) >= 11 is 0.